The summed E-state index contributed by atoms with van der Waals surface area (Å²) < 4.78 is 10.1. The molecule has 31 heavy (non-hydrogen) atoms. The first-order valence-corrected chi connectivity index (χ1v) is 9.87. The molecule has 1 rings (SSSR count). The number of carbonyl (C=O) groups is 4. The molecule has 10 nitrogen and oxygen atoms in total. The van der Waals surface area contributed by atoms with Crippen LogP contribution in [0.5, 0.6) is 0 Å². The summed E-state index contributed by atoms with van der Waals surface area (Å²) in [5.41, 5.74) is -0.213. The minimum atomic E-state index is -0.679. The number of ether oxygens (including phenoxy) is 2. The summed E-state index contributed by atoms with van der Waals surface area (Å²) in [6.07, 6.45) is -1.18. The summed E-state index contributed by atoms with van der Waals surface area (Å²) in [5, 5.41) is 10.2. The maximum atomic E-state index is 12.0. The van der Waals surface area contributed by atoms with Gasteiger partial charge in [0.15, 0.2) is 0 Å². The third-order valence-electron chi connectivity index (χ3n) is 3.26. The van der Waals surface area contributed by atoms with Gasteiger partial charge in [0.25, 0.3) is 0 Å². The van der Waals surface area contributed by atoms with Gasteiger partial charge in [-0.1, -0.05) is 0 Å². The van der Waals surface area contributed by atoms with Gasteiger partial charge in [0.2, 0.25) is 11.8 Å². The van der Waals surface area contributed by atoms with E-state index in [4.69, 9.17) is 9.47 Å². The highest BCUT2D eigenvalue weighted by Crippen LogP contribution is 2.14. The van der Waals surface area contributed by atoms with E-state index in [1.807, 2.05) is 0 Å². The van der Waals surface area contributed by atoms with Crippen molar-refractivity contribution in [1.29, 1.82) is 0 Å². The van der Waals surface area contributed by atoms with E-state index in [2.05, 4.69) is 21.3 Å². The summed E-state index contributed by atoms with van der Waals surface area (Å²) >= 11 is 0. The molecule has 0 aliphatic heterocycles. The largest absolute Gasteiger partial charge is 0.444 e. The molecule has 0 fully saturated rings. The van der Waals surface area contributed by atoms with Gasteiger partial charge in [-0.3, -0.25) is 9.59 Å². The predicted molar refractivity (Wildman–Crippen MR) is 117 cm³/mol. The fourth-order valence-electron chi connectivity index (χ4n) is 2.12. The molecule has 0 spiro atoms. The van der Waals surface area contributed by atoms with Crippen LogP contribution in [-0.2, 0) is 19.1 Å². The summed E-state index contributed by atoms with van der Waals surface area (Å²) in [6.45, 7) is 10.3. The lowest BCUT2D eigenvalue weighted by Crippen LogP contribution is -2.37. The number of anilines is 2. The lowest BCUT2D eigenvalue weighted by atomic mass is 10.2. The summed E-state index contributed by atoms with van der Waals surface area (Å²) in [7, 11) is 0. The highest BCUT2D eigenvalue weighted by Gasteiger charge is 2.17. The molecule has 4 amide bonds. The average molecular weight is 437 g/mol. The zero-order chi connectivity index (χ0) is 23.7. The van der Waals surface area contributed by atoms with E-state index >= 15 is 0 Å². The van der Waals surface area contributed by atoms with Crippen molar-refractivity contribution in [3.05, 3.63) is 24.3 Å². The molecule has 1 aromatic rings. The first-order chi connectivity index (χ1) is 14.2. The van der Waals surface area contributed by atoms with Gasteiger partial charge in [-0.15, -0.1) is 0 Å². The number of hydrogen-bond acceptors (Lipinski definition) is 6. The molecule has 0 saturated carbocycles. The second-order valence-electron chi connectivity index (χ2n) is 8.71. The Labute approximate surface area is 182 Å². The van der Waals surface area contributed by atoms with Crippen molar-refractivity contribution in [3.63, 3.8) is 0 Å². The second kappa shape index (κ2) is 11.2. The Kier molecular flexibility index (Phi) is 9.29. The SMILES string of the molecule is CC(C)(C)OC(=O)NCCC(=O)Nc1ccc(NC(=O)CNC(=O)OC(C)(C)C)cc1. The molecule has 0 heterocycles. The van der Waals surface area contributed by atoms with E-state index in [1.54, 1.807) is 65.8 Å². The van der Waals surface area contributed by atoms with Crippen LogP contribution in [0.1, 0.15) is 48.0 Å². The van der Waals surface area contributed by atoms with Gasteiger partial charge in [0.1, 0.15) is 17.7 Å². The third-order valence-corrected chi connectivity index (χ3v) is 3.26. The van der Waals surface area contributed by atoms with Gasteiger partial charge < -0.3 is 30.7 Å². The van der Waals surface area contributed by atoms with Crippen molar-refractivity contribution in [2.24, 2.45) is 0 Å². The standard InChI is InChI=1S/C21H32N4O6/c1-20(2,3)30-18(28)22-12-11-16(26)24-14-7-9-15(10-8-14)25-17(27)13-23-19(29)31-21(4,5)6/h7-10H,11-13H2,1-6H3,(H,22,28)(H,23,29)(H,24,26)(H,25,27). The van der Waals surface area contributed by atoms with E-state index in [0.717, 1.165) is 0 Å². The van der Waals surface area contributed by atoms with Crippen LogP contribution in [0.2, 0.25) is 0 Å². The Hall–Kier alpha value is -3.30. The van der Waals surface area contributed by atoms with Gasteiger partial charge in [-0.25, -0.2) is 9.59 Å². The number of amides is 4. The molecular formula is C21H32N4O6. The zero-order valence-corrected chi connectivity index (χ0v) is 18.9. The Bertz CT molecular complexity index is 779. The minimum Gasteiger partial charge on any atom is -0.444 e. The molecule has 0 saturated heterocycles. The van der Waals surface area contributed by atoms with Crippen LogP contribution in [0.4, 0.5) is 21.0 Å². The normalized spacial score (nSPS) is 11.2. The van der Waals surface area contributed by atoms with Gasteiger partial charge in [-0.2, -0.15) is 0 Å². The molecule has 0 aliphatic rings. The number of alkyl carbamates (subject to hydrolysis) is 2. The molecule has 0 atom stereocenters. The minimum absolute atomic E-state index is 0.0774. The Morgan fingerprint density at radius 3 is 1.58 bits per heavy atom. The highest BCUT2D eigenvalue weighted by molar-refractivity contribution is 5.95. The lowest BCUT2D eigenvalue weighted by Gasteiger charge is -2.19. The van der Waals surface area contributed by atoms with Crippen molar-refractivity contribution in [1.82, 2.24) is 10.6 Å². The number of nitrogens with one attached hydrogen (secondary N) is 4. The Morgan fingerprint density at radius 1 is 0.710 bits per heavy atom. The average Bonchev–Trinajstić information content (AvgIpc) is 2.58. The molecule has 10 heteroatoms. The second-order valence-corrected chi connectivity index (χ2v) is 8.71. The first kappa shape index (κ1) is 25.7. The predicted octanol–water partition coefficient (Wildman–Crippen LogP) is 3.00. The summed E-state index contributed by atoms with van der Waals surface area (Å²) in [5.74, 6) is -0.703. The van der Waals surface area contributed by atoms with Crippen LogP contribution in [0.15, 0.2) is 24.3 Å². The van der Waals surface area contributed by atoms with Crippen LogP contribution in [0.3, 0.4) is 0 Å². The molecule has 0 unspecified atom stereocenters. The first-order valence-electron chi connectivity index (χ1n) is 9.87. The number of benzene rings is 1. The van der Waals surface area contributed by atoms with Crippen molar-refractivity contribution < 1.29 is 28.7 Å². The van der Waals surface area contributed by atoms with Gasteiger partial charge in [0, 0.05) is 24.3 Å². The van der Waals surface area contributed by atoms with E-state index in [9.17, 15) is 19.2 Å². The fraction of sp³-hybridized carbons (Fsp3) is 0.524. The van der Waals surface area contributed by atoms with Crippen LogP contribution < -0.4 is 21.3 Å². The number of hydrogen-bond donors (Lipinski definition) is 4. The van der Waals surface area contributed by atoms with Gasteiger partial charge >= 0.3 is 12.2 Å². The lowest BCUT2D eigenvalue weighted by molar-refractivity contribution is -0.116. The molecule has 0 aliphatic carbocycles. The van der Waals surface area contributed by atoms with Crippen LogP contribution in [0.25, 0.3) is 0 Å². The van der Waals surface area contributed by atoms with E-state index in [0.29, 0.717) is 11.4 Å². The number of carbonyl (C=O) groups excluding carboxylic acids is 4. The van der Waals surface area contributed by atoms with Crippen molar-refractivity contribution >= 4 is 35.4 Å². The topological polar surface area (TPSA) is 135 Å². The monoisotopic (exact) mass is 436 g/mol. The molecule has 4 N–H and O–H groups in total. The number of rotatable bonds is 7. The summed E-state index contributed by atoms with van der Waals surface area (Å²) in [4.78, 5) is 47.0. The molecular weight excluding hydrogens is 404 g/mol. The fourth-order valence-corrected chi connectivity index (χ4v) is 2.12. The van der Waals surface area contributed by atoms with Crippen LogP contribution in [-0.4, -0.2) is 48.3 Å². The third kappa shape index (κ3) is 12.8. The van der Waals surface area contributed by atoms with E-state index in [1.165, 1.54) is 0 Å². The van der Waals surface area contributed by atoms with E-state index in [-0.39, 0.29) is 25.4 Å². The van der Waals surface area contributed by atoms with E-state index < -0.39 is 29.3 Å². The van der Waals surface area contributed by atoms with Crippen molar-refractivity contribution in [2.45, 2.75) is 59.2 Å². The van der Waals surface area contributed by atoms with Gasteiger partial charge in [0.05, 0.1) is 0 Å². The smallest absolute Gasteiger partial charge is 0.408 e. The van der Waals surface area contributed by atoms with Crippen LogP contribution in [0, 0.1) is 0 Å². The van der Waals surface area contributed by atoms with Crippen LogP contribution >= 0.6 is 0 Å². The zero-order valence-electron chi connectivity index (χ0n) is 18.9. The maximum absolute atomic E-state index is 12.0. The quantitative estimate of drug-likeness (QED) is 0.519. The highest BCUT2D eigenvalue weighted by atomic mass is 16.6. The molecule has 0 radical (unpaired) electrons. The van der Waals surface area contributed by atoms with Gasteiger partial charge in [-0.05, 0) is 65.8 Å². The molecule has 0 bridgehead atoms. The molecule has 0 aromatic heterocycles. The molecule has 1 aromatic carbocycles. The molecule has 172 valence electrons. The van der Waals surface area contributed by atoms with Crippen molar-refractivity contribution in [3.8, 4) is 0 Å². The summed E-state index contributed by atoms with van der Waals surface area (Å²) in [6, 6.07) is 6.46. The van der Waals surface area contributed by atoms with Crippen molar-refractivity contribution in [2.75, 3.05) is 23.7 Å². The Morgan fingerprint density at radius 2 is 1.13 bits per heavy atom. The maximum Gasteiger partial charge on any atom is 0.408 e. The Balaban J connectivity index is 2.36.